The molecule has 0 heterocycles. The van der Waals surface area contributed by atoms with Crippen LogP contribution >= 0.6 is 0 Å². The molecule has 0 saturated carbocycles. The molecule has 1 aromatic carbocycles. The van der Waals surface area contributed by atoms with Crippen LogP contribution in [0.4, 0.5) is 4.39 Å². The maximum absolute atomic E-state index is 12.4. The van der Waals surface area contributed by atoms with Gasteiger partial charge in [0.25, 0.3) is 0 Å². The van der Waals surface area contributed by atoms with E-state index in [1.165, 1.54) is 13.2 Å². The Bertz CT molecular complexity index is 203. The zero-order chi connectivity index (χ0) is 6.69. The van der Waals surface area contributed by atoms with Crippen molar-refractivity contribution < 1.29 is 60.5 Å². The Morgan fingerprint density at radius 3 is 2.70 bits per heavy atom. The van der Waals surface area contributed by atoms with Crippen LogP contribution in [0.25, 0.3) is 0 Å². The first-order valence-electron chi connectivity index (χ1n) is 2.55. The van der Waals surface area contributed by atoms with E-state index in [4.69, 9.17) is 0 Å². The van der Waals surface area contributed by atoms with E-state index < -0.39 is 5.82 Å². The monoisotopic (exact) mass is 164 g/mol. The Balaban J connectivity index is 0.000000810. The van der Waals surface area contributed by atoms with Crippen molar-refractivity contribution in [2.75, 3.05) is 7.11 Å². The maximum atomic E-state index is 12.4. The minimum atomic E-state index is -0.444. The molecule has 0 fully saturated rings. The Morgan fingerprint density at radius 1 is 1.60 bits per heavy atom. The van der Waals surface area contributed by atoms with Crippen molar-refractivity contribution in [3.63, 3.8) is 0 Å². The van der Waals surface area contributed by atoms with Crippen molar-refractivity contribution in [1.82, 2.24) is 0 Å². The molecule has 1 rings (SSSR count). The molecule has 0 aliphatic rings. The molecule has 48 valence electrons. The van der Waals surface area contributed by atoms with Crippen LogP contribution in [-0.2, 0) is 0 Å². The number of hydrogen-bond acceptors (Lipinski definition) is 1. The Morgan fingerprint density at radius 2 is 2.30 bits per heavy atom. The van der Waals surface area contributed by atoms with E-state index >= 15 is 0 Å². The first-order chi connectivity index (χ1) is 4.34. The molecule has 10 heavy (non-hydrogen) atoms. The van der Waals surface area contributed by atoms with Crippen LogP contribution in [0.3, 0.4) is 0 Å². The van der Waals surface area contributed by atoms with E-state index in [1.807, 2.05) is 0 Å². The molecule has 1 nitrogen and oxygen atoms in total. The van der Waals surface area contributed by atoms with Gasteiger partial charge in [-0.15, -0.1) is 12.1 Å². The smallest absolute Gasteiger partial charge is 0.551 e. The fourth-order valence-electron chi connectivity index (χ4n) is 0.559. The molecule has 0 atom stereocenters. The number of rotatable bonds is 1. The van der Waals surface area contributed by atoms with Crippen molar-refractivity contribution in [3.05, 3.63) is 30.1 Å². The quantitative estimate of drug-likeness (QED) is 0.368. The van der Waals surface area contributed by atoms with Crippen LogP contribution in [0.1, 0.15) is 0 Å². The summed E-state index contributed by atoms with van der Waals surface area (Å²) in [5.41, 5.74) is 0. The van der Waals surface area contributed by atoms with Crippen LogP contribution in [0.2, 0.25) is 0 Å². The van der Waals surface area contributed by atoms with E-state index in [-0.39, 0.29) is 57.1 Å². The van der Waals surface area contributed by atoms with Gasteiger partial charge in [0.1, 0.15) is 0 Å². The van der Waals surface area contributed by atoms with E-state index in [1.54, 1.807) is 12.1 Å². The molecule has 0 aromatic heterocycles. The number of halogens is 1. The second-order valence-corrected chi connectivity index (χ2v) is 1.55. The summed E-state index contributed by atoms with van der Waals surface area (Å²) in [6, 6.07) is 7.07. The molecule has 1 aromatic rings. The molecular weight excluding hydrogens is 158 g/mol. The molecule has 0 amide bonds. The third-order valence-electron chi connectivity index (χ3n) is 0.990. The molecule has 0 spiro atoms. The van der Waals surface area contributed by atoms with Crippen molar-refractivity contribution in [2.45, 2.75) is 0 Å². The van der Waals surface area contributed by atoms with Gasteiger partial charge < -0.3 is 4.74 Å². The minimum absolute atomic E-state index is 0. The Kier molecular flexibility index (Phi) is 5.57. The largest absolute Gasteiger partial charge is 1.00 e. The van der Waals surface area contributed by atoms with Crippen LogP contribution < -0.4 is 56.1 Å². The average molecular weight is 164 g/mol. The van der Waals surface area contributed by atoms with Crippen molar-refractivity contribution >= 4 is 0 Å². The van der Waals surface area contributed by atoms with Crippen molar-refractivity contribution in [3.8, 4) is 5.75 Å². The molecule has 0 bridgehead atoms. The topological polar surface area (TPSA) is 9.23 Å². The SMILES string of the molecule is COc1ccc[c-]c1F.[K+]. The minimum Gasteiger partial charge on any atom is -0.551 e. The first-order valence-corrected chi connectivity index (χ1v) is 2.55. The van der Waals surface area contributed by atoms with Crippen molar-refractivity contribution in [2.24, 2.45) is 0 Å². The van der Waals surface area contributed by atoms with Gasteiger partial charge in [-0.05, 0) is 0 Å². The second-order valence-electron chi connectivity index (χ2n) is 1.55. The van der Waals surface area contributed by atoms with Gasteiger partial charge in [0.2, 0.25) is 0 Å². The van der Waals surface area contributed by atoms with E-state index in [2.05, 4.69) is 10.8 Å². The van der Waals surface area contributed by atoms with Gasteiger partial charge in [-0.2, -0.15) is 12.1 Å². The molecule has 0 radical (unpaired) electrons. The molecule has 0 saturated heterocycles. The zero-order valence-electron chi connectivity index (χ0n) is 6.02. The fraction of sp³-hybridized carbons (Fsp3) is 0.143. The zero-order valence-corrected chi connectivity index (χ0v) is 9.14. The average Bonchev–Trinajstić information content (AvgIpc) is 1.89. The summed E-state index contributed by atoms with van der Waals surface area (Å²) in [5, 5.41) is 0. The second kappa shape index (κ2) is 5.26. The summed E-state index contributed by atoms with van der Waals surface area (Å²) in [7, 11) is 1.42. The normalized spacial score (nSPS) is 8.20. The third-order valence-corrected chi connectivity index (χ3v) is 0.990. The number of methoxy groups -OCH3 is 1. The Labute approximate surface area is 102 Å². The number of hydrogen-bond donors (Lipinski definition) is 0. The van der Waals surface area contributed by atoms with Gasteiger partial charge in [0.15, 0.2) is 0 Å². The summed E-state index contributed by atoms with van der Waals surface area (Å²) < 4.78 is 17.0. The Hall–Kier alpha value is 0.586. The van der Waals surface area contributed by atoms with Crippen LogP contribution in [0.5, 0.6) is 5.75 Å². The molecule has 3 heteroatoms. The van der Waals surface area contributed by atoms with Crippen LogP contribution in [0.15, 0.2) is 18.2 Å². The summed E-state index contributed by atoms with van der Waals surface area (Å²) in [5.74, 6) is -0.211. The predicted octanol–water partition coefficient (Wildman–Crippen LogP) is -1.36. The van der Waals surface area contributed by atoms with Gasteiger partial charge in [0, 0.05) is 5.75 Å². The van der Waals surface area contributed by atoms with Crippen LogP contribution in [-0.4, -0.2) is 7.11 Å². The van der Waals surface area contributed by atoms with E-state index in [9.17, 15) is 4.39 Å². The predicted molar refractivity (Wildman–Crippen MR) is 31.8 cm³/mol. The summed E-state index contributed by atoms with van der Waals surface area (Å²) >= 11 is 0. The molecule has 0 aliphatic heterocycles. The maximum Gasteiger partial charge on any atom is 1.00 e. The number of benzene rings is 1. The molecule has 0 unspecified atom stereocenters. The summed E-state index contributed by atoms with van der Waals surface area (Å²) in [6.45, 7) is 0. The summed E-state index contributed by atoms with van der Waals surface area (Å²) in [4.78, 5) is 0. The fourth-order valence-corrected chi connectivity index (χ4v) is 0.559. The third kappa shape index (κ3) is 2.68. The van der Waals surface area contributed by atoms with Gasteiger partial charge in [0.05, 0.1) is 12.9 Å². The molecular formula is C7H6FKO. The van der Waals surface area contributed by atoms with E-state index in [0.29, 0.717) is 0 Å². The van der Waals surface area contributed by atoms with Gasteiger partial charge >= 0.3 is 51.4 Å². The summed E-state index contributed by atoms with van der Waals surface area (Å²) in [6.07, 6.45) is 0. The van der Waals surface area contributed by atoms with Crippen molar-refractivity contribution in [1.29, 1.82) is 0 Å². The van der Waals surface area contributed by atoms with Crippen LogP contribution in [0, 0.1) is 11.9 Å². The standard InChI is InChI=1S/C7H6FO.K/c1-9-7-5-3-2-4-6(7)8;/h2-3,5H,1H3;/q-1;+1. The van der Waals surface area contributed by atoms with Gasteiger partial charge in [-0.1, -0.05) is 0 Å². The molecule has 0 N–H and O–H groups in total. The van der Waals surface area contributed by atoms with Gasteiger partial charge in [-0.25, -0.2) is 4.39 Å². The molecule has 0 aliphatic carbocycles. The number of ether oxygens (including phenoxy) is 1. The first kappa shape index (κ1) is 10.6. The van der Waals surface area contributed by atoms with Gasteiger partial charge in [-0.3, -0.25) is 0 Å². The van der Waals surface area contributed by atoms with E-state index in [0.717, 1.165) is 0 Å².